The van der Waals surface area contributed by atoms with E-state index in [4.69, 9.17) is 9.47 Å². The molecule has 0 unspecified atom stereocenters. The van der Waals surface area contributed by atoms with E-state index in [0.29, 0.717) is 22.5 Å². The molecule has 6 heteroatoms. The summed E-state index contributed by atoms with van der Waals surface area (Å²) in [5.41, 5.74) is 4.56. The summed E-state index contributed by atoms with van der Waals surface area (Å²) in [5.74, 6) is 0.0856. The van der Waals surface area contributed by atoms with Gasteiger partial charge in [0.05, 0.1) is 36.2 Å². The summed E-state index contributed by atoms with van der Waals surface area (Å²) in [4.78, 5) is 25.1. The average Bonchev–Trinajstić information content (AvgIpc) is 3.13. The van der Waals surface area contributed by atoms with E-state index in [0.717, 1.165) is 22.6 Å². The van der Waals surface area contributed by atoms with Gasteiger partial charge >= 0.3 is 5.97 Å². The van der Waals surface area contributed by atoms with Gasteiger partial charge in [0.2, 0.25) is 0 Å². The van der Waals surface area contributed by atoms with Crippen molar-refractivity contribution in [3.8, 4) is 5.75 Å². The molecule has 0 spiro atoms. The topological polar surface area (TPSA) is 76.7 Å². The number of anilines is 2. The second kappa shape index (κ2) is 8.75. The first-order chi connectivity index (χ1) is 15.1. The minimum Gasteiger partial charge on any atom is -0.497 e. The zero-order chi connectivity index (χ0) is 21.8. The summed E-state index contributed by atoms with van der Waals surface area (Å²) in [5, 5.41) is 6.26. The van der Waals surface area contributed by atoms with E-state index in [1.165, 1.54) is 0 Å². The van der Waals surface area contributed by atoms with Crippen molar-refractivity contribution in [1.82, 2.24) is 0 Å². The van der Waals surface area contributed by atoms with Crippen molar-refractivity contribution in [2.24, 2.45) is 0 Å². The molecule has 31 heavy (non-hydrogen) atoms. The number of hydrogen-bond donors (Lipinski definition) is 2. The smallest absolute Gasteiger partial charge is 0.338 e. The normalized spacial score (nSPS) is 13.8. The lowest BCUT2D eigenvalue weighted by Gasteiger charge is -2.15. The van der Waals surface area contributed by atoms with E-state index < -0.39 is 5.97 Å². The number of carbonyl (C=O) groups is 2. The summed E-state index contributed by atoms with van der Waals surface area (Å²) < 4.78 is 10.3. The Labute approximate surface area is 180 Å². The number of amides is 1. The molecule has 2 N–H and O–H groups in total. The van der Waals surface area contributed by atoms with Crippen molar-refractivity contribution in [2.75, 3.05) is 24.4 Å². The minimum atomic E-state index is -0.420. The molecule has 0 aromatic heterocycles. The summed E-state index contributed by atoms with van der Waals surface area (Å²) in [7, 11) is 1.62. The largest absolute Gasteiger partial charge is 0.497 e. The van der Waals surface area contributed by atoms with Gasteiger partial charge in [-0.25, -0.2) is 4.79 Å². The summed E-state index contributed by atoms with van der Waals surface area (Å²) in [6.07, 6.45) is 0. The molecule has 0 fully saturated rings. The van der Waals surface area contributed by atoms with Crippen LogP contribution in [0.4, 0.5) is 11.4 Å². The Hall–Kier alpha value is -4.06. The third-order valence-corrected chi connectivity index (χ3v) is 4.95. The highest BCUT2D eigenvalue weighted by atomic mass is 16.5. The van der Waals surface area contributed by atoms with Crippen molar-refractivity contribution < 1.29 is 19.1 Å². The van der Waals surface area contributed by atoms with Gasteiger partial charge in [-0.2, -0.15) is 0 Å². The molecule has 0 aliphatic carbocycles. The first-order valence-electron chi connectivity index (χ1n) is 9.94. The molecule has 6 nitrogen and oxygen atoms in total. The number of esters is 1. The zero-order valence-corrected chi connectivity index (χ0v) is 17.3. The molecule has 1 amide bonds. The lowest BCUT2D eigenvalue weighted by atomic mass is 9.99. The minimum absolute atomic E-state index is 0.240. The van der Waals surface area contributed by atoms with Crippen LogP contribution in [-0.2, 0) is 9.53 Å². The Morgan fingerprint density at radius 2 is 1.71 bits per heavy atom. The summed E-state index contributed by atoms with van der Waals surface area (Å²) in [6.45, 7) is 2.04. The maximum Gasteiger partial charge on any atom is 0.338 e. The predicted octanol–water partition coefficient (Wildman–Crippen LogP) is 4.80. The highest BCUT2D eigenvalue weighted by molar-refractivity contribution is 6.37. The molecule has 0 atom stereocenters. The second-order valence-corrected chi connectivity index (χ2v) is 6.90. The predicted molar refractivity (Wildman–Crippen MR) is 121 cm³/mol. The second-order valence-electron chi connectivity index (χ2n) is 6.90. The lowest BCUT2D eigenvalue weighted by Crippen LogP contribution is -2.10. The van der Waals surface area contributed by atoms with Crippen molar-refractivity contribution in [1.29, 1.82) is 0 Å². The van der Waals surface area contributed by atoms with Crippen LogP contribution < -0.4 is 15.4 Å². The van der Waals surface area contributed by atoms with Crippen molar-refractivity contribution in [3.05, 3.63) is 89.5 Å². The Morgan fingerprint density at radius 1 is 0.968 bits per heavy atom. The Balaban J connectivity index is 1.81. The Morgan fingerprint density at radius 3 is 2.39 bits per heavy atom. The third kappa shape index (κ3) is 4.14. The highest BCUT2D eigenvalue weighted by Crippen LogP contribution is 2.38. The maximum absolute atomic E-state index is 13.0. The summed E-state index contributed by atoms with van der Waals surface area (Å²) >= 11 is 0. The van der Waals surface area contributed by atoms with Gasteiger partial charge in [0.1, 0.15) is 5.75 Å². The van der Waals surface area contributed by atoms with Crippen LogP contribution in [0.1, 0.15) is 28.4 Å². The molecule has 1 aliphatic heterocycles. The van der Waals surface area contributed by atoms with Gasteiger partial charge in [0, 0.05) is 11.3 Å². The first-order valence-corrected chi connectivity index (χ1v) is 9.94. The average molecular weight is 414 g/mol. The number of carbonyl (C=O) groups excluding carboxylic acids is 2. The molecule has 1 aliphatic rings. The Bertz CT molecular complexity index is 1150. The number of rotatable bonds is 6. The molecule has 3 aromatic rings. The van der Waals surface area contributed by atoms with E-state index in [2.05, 4.69) is 10.6 Å². The standard InChI is InChI=1S/C25H22N2O4/c1-3-31-25(29)17-9-14-20-21(15-17)27-24(28)22(20)23(16-7-5-4-6-8-16)26-18-10-12-19(30-2)13-11-18/h4-15,26H,3H2,1-2H3,(H,27,28)/b23-22-. The SMILES string of the molecule is CCOC(=O)c1ccc2c(c1)NC(=O)/C2=C(\Nc1ccc(OC)cc1)c1ccccc1. The molecular weight excluding hydrogens is 392 g/mol. The molecule has 1 heterocycles. The molecular formula is C25H22N2O4. The zero-order valence-electron chi connectivity index (χ0n) is 17.3. The van der Waals surface area contributed by atoms with Gasteiger partial charge in [-0.05, 0) is 48.9 Å². The van der Waals surface area contributed by atoms with Gasteiger partial charge in [-0.3, -0.25) is 4.79 Å². The van der Waals surface area contributed by atoms with E-state index in [9.17, 15) is 9.59 Å². The van der Waals surface area contributed by atoms with Crippen LogP contribution in [0.25, 0.3) is 11.3 Å². The first kappa shape index (κ1) is 20.2. The van der Waals surface area contributed by atoms with Crippen molar-refractivity contribution in [2.45, 2.75) is 6.92 Å². The number of nitrogens with one attached hydrogen (secondary N) is 2. The van der Waals surface area contributed by atoms with Gasteiger partial charge in [-0.15, -0.1) is 0 Å². The molecule has 156 valence electrons. The monoisotopic (exact) mass is 414 g/mol. The van der Waals surface area contributed by atoms with Crippen LogP contribution in [0, 0.1) is 0 Å². The number of hydrogen-bond acceptors (Lipinski definition) is 5. The quantitative estimate of drug-likeness (QED) is 0.447. The molecule has 0 radical (unpaired) electrons. The molecule has 0 saturated heterocycles. The summed E-state index contributed by atoms with van der Waals surface area (Å²) in [6, 6.07) is 22.2. The van der Waals surface area contributed by atoms with Crippen LogP contribution in [0.5, 0.6) is 5.75 Å². The van der Waals surface area contributed by atoms with E-state index in [1.54, 1.807) is 32.2 Å². The highest BCUT2D eigenvalue weighted by Gasteiger charge is 2.29. The fraction of sp³-hybridized carbons (Fsp3) is 0.120. The van der Waals surface area contributed by atoms with E-state index in [-0.39, 0.29) is 12.5 Å². The third-order valence-electron chi connectivity index (χ3n) is 4.95. The van der Waals surface area contributed by atoms with Gasteiger partial charge in [-0.1, -0.05) is 36.4 Å². The van der Waals surface area contributed by atoms with Crippen molar-refractivity contribution in [3.63, 3.8) is 0 Å². The van der Waals surface area contributed by atoms with Crippen LogP contribution in [0.3, 0.4) is 0 Å². The van der Waals surface area contributed by atoms with Crippen molar-refractivity contribution >= 4 is 34.5 Å². The van der Waals surface area contributed by atoms with Crippen LogP contribution in [0.2, 0.25) is 0 Å². The van der Waals surface area contributed by atoms with E-state index in [1.807, 2.05) is 54.6 Å². The number of methoxy groups -OCH3 is 1. The molecule has 4 rings (SSSR count). The van der Waals surface area contributed by atoms with Crippen LogP contribution in [0.15, 0.2) is 72.8 Å². The van der Waals surface area contributed by atoms with E-state index >= 15 is 0 Å². The fourth-order valence-corrected chi connectivity index (χ4v) is 3.46. The van der Waals surface area contributed by atoms with Gasteiger partial charge in [0.25, 0.3) is 5.91 Å². The number of benzene rings is 3. The molecule has 3 aromatic carbocycles. The maximum atomic E-state index is 13.0. The molecule has 0 bridgehead atoms. The number of fused-ring (bicyclic) bond motifs is 1. The fourth-order valence-electron chi connectivity index (χ4n) is 3.46. The Kier molecular flexibility index (Phi) is 5.71. The van der Waals surface area contributed by atoms with Crippen LogP contribution >= 0.6 is 0 Å². The van der Waals surface area contributed by atoms with Crippen LogP contribution in [-0.4, -0.2) is 25.6 Å². The van der Waals surface area contributed by atoms with Gasteiger partial charge in [0.15, 0.2) is 0 Å². The lowest BCUT2D eigenvalue weighted by molar-refractivity contribution is -0.110. The number of ether oxygens (including phenoxy) is 2. The molecule has 0 saturated carbocycles. The van der Waals surface area contributed by atoms with Gasteiger partial charge < -0.3 is 20.1 Å².